The molecule has 3 N–H and O–H groups in total. The summed E-state index contributed by atoms with van der Waals surface area (Å²) < 4.78 is 39.4. The van der Waals surface area contributed by atoms with Crippen LogP contribution in [-0.4, -0.2) is 36.3 Å². The number of carbonyl (C=O) groups excluding carboxylic acids is 2. The molecule has 3 aromatic rings. The van der Waals surface area contributed by atoms with Crippen LogP contribution in [0.1, 0.15) is 42.5 Å². The van der Waals surface area contributed by atoms with Crippen LogP contribution in [0.2, 0.25) is 0 Å². The van der Waals surface area contributed by atoms with Gasteiger partial charge in [-0.15, -0.1) is 0 Å². The molecule has 0 atom stereocenters. The highest BCUT2D eigenvalue weighted by Crippen LogP contribution is 2.41. The number of amides is 4. The highest BCUT2D eigenvalue weighted by Gasteiger charge is 2.32. The fraction of sp³-hybridized carbons (Fsp3) is 0.250. The highest BCUT2D eigenvalue weighted by atomic mass is 19.1. The van der Waals surface area contributed by atoms with E-state index in [4.69, 9.17) is 9.47 Å². The molecule has 0 heterocycles. The lowest BCUT2D eigenvalue weighted by Crippen LogP contribution is -2.50. The van der Waals surface area contributed by atoms with Gasteiger partial charge in [-0.1, -0.05) is 43.5 Å². The summed E-state index contributed by atoms with van der Waals surface area (Å²) in [5, 5.41) is 14.0. The van der Waals surface area contributed by atoms with Gasteiger partial charge in [0.25, 0.3) is 0 Å². The zero-order valence-electron chi connectivity index (χ0n) is 21.1. The van der Waals surface area contributed by atoms with Crippen LogP contribution in [0.5, 0.6) is 17.2 Å². The molecule has 4 rings (SSSR count). The number of nitrogens with one attached hydrogen (secondary N) is 2. The van der Waals surface area contributed by atoms with Gasteiger partial charge in [0.1, 0.15) is 34.4 Å². The number of ether oxygens (including phenoxy) is 2. The van der Waals surface area contributed by atoms with E-state index in [1.165, 1.54) is 24.1 Å². The normalized spacial score (nSPS) is 13.3. The van der Waals surface area contributed by atoms with E-state index in [0.717, 1.165) is 37.5 Å². The van der Waals surface area contributed by atoms with Crippen molar-refractivity contribution in [2.24, 2.45) is 0 Å². The summed E-state index contributed by atoms with van der Waals surface area (Å²) in [5.41, 5.74) is -0.844. The number of nitrogens with zero attached hydrogens (tertiary/aromatic N) is 1. The first-order valence-corrected chi connectivity index (χ1v) is 12.3. The Balaban J connectivity index is 1.74. The summed E-state index contributed by atoms with van der Waals surface area (Å²) in [7, 11) is 1.31. The molecule has 39 heavy (non-hydrogen) atoms. The molecule has 4 amide bonds. The lowest BCUT2D eigenvalue weighted by Gasteiger charge is -2.35. The van der Waals surface area contributed by atoms with Crippen molar-refractivity contribution in [3.63, 3.8) is 0 Å². The number of para-hydroxylation sites is 2. The molecule has 204 valence electrons. The number of carboxylic acids is 1. The number of benzene rings is 3. The van der Waals surface area contributed by atoms with Gasteiger partial charge in [0, 0.05) is 12.1 Å². The van der Waals surface area contributed by atoms with Gasteiger partial charge in [-0.25, -0.2) is 23.2 Å². The van der Waals surface area contributed by atoms with E-state index in [1.54, 1.807) is 30.3 Å². The smallest absolute Gasteiger partial charge is 0.339 e. The van der Waals surface area contributed by atoms with E-state index in [-0.39, 0.29) is 22.7 Å². The number of aromatic carboxylic acids is 1. The van der Waals surface area contributed by atoms with E-state index >= 15 is 0 Å². The average Bonchev–Trinajstić information content (AvgIpc) is 2.92. The standard InChI is InChI=1S/C28H27F2N3O6/c1-38-23-16-24(39-18-11-6-3-7-12-18)22(15-19(23)26(34)35)33(17-9-4-2-5-10-17)28(37)32-27(36)31-25-20(29)13-8-14-21(25)30/h3,6-8,11-17H,2,4-5,9-10H2,1H3,(H,34,35)(H2,31,32,36,37). The molecule has 1 aliphatic rings. The fourth-order valence-electron chi connectivity index (χ4n) is 4.50. The van der Waals surface area contributed by atoms with E-state index < -0.39 is 41.4 Å². The van der Waals surface area contributed by atoms with Crippen molar-refractivity contribution in [2.75, 3.05) is 17.3 Å². The summed E-state index contributed by atoms with van der Waals surface area (Å²) in [6.45, 7) is 0. The number of imide groups is 1. The summed E-state index contributed by atoms with van der Waals surface area (Å²) in [6.07, 6.45) is 3.72. The molecule has 0 radical (unpaired) electrons. The lowest BCUT2D eigenvalue weighted by molar-refractivity contribution is 0.0693. The van der Waals surface area contributed by atoms with Crippen molar-refractivity contribution in [1.29, 1.82) is 0 Å². The number of halogens is 2. The van der Waals surface area contributed by atoms with Crippen LogP contribution in [0, 0.1) is 11.6 Å². The molecule has 1 fully saturated rings. The number of methoxy groups -OCH3 is 1. The Morgan fingerprint density at radius 3 is 2.21 bits per heavy atom. The molecular weight excluding hydrogens is 512 g/mol. The van der Waals surface area contributed by atoms with Gasteiger partial charge in [0.05, 0.1) is 12.8 Å². The SMILES string of the molecule is COc1cc(Oc2ccccc2)c(N(C(=O)NC(=O)Nc2c(F)cccc2F)C2CCCCC2)cc1C(=O)O. The number of rotatable bonds is 7. The van der Waals surface area contributed by atoms with E-state index in [1.807, 2.05) is 5.32 Å². The van der Waals surface area contributed by atoms with Crippen LogP contribution in [0.25, 0.3) is 0 Å². The summed E-state index contributed by atoms with van der Waals surface area (Å²) in [4.78, 5) is 39.5. The van der Waals surface area contributed by atoms with Crippen LogP contribution in [0.4, 0.5) is 29.7 Å². The number of hydrogen-bond acceptors (Lipinski definition) is 5. The van der Waals surface area contributed by atoms with Gasteiger partial charge in [0.2, 0.25) is 0 Å². The van der Waals surface area contributed by atoms with Crippen molar-refractivity contribution < 1.29 is 37.7 Å². The first kappa shape index (κ1) is 27.4. The van der Waals surface area contributed by atoms with Gasteiger partial charge in [0.15, 0.2) is 5.75 Å². The molecule has 11 heteroatoms. The monoisotopic (exact) mass is 539 g/mol. The number of carbonyl (C=O) groups is 3. The summed E-state index contributed by atoms with van der Waals surface area (Å²) in [5.74, 6) is -2.78. The van der Waals surface area contributed by atoms with Gasteiger partial charge < -0.3 is 19.9 Å². The largest absolute Gasteiger partial charge is 0.496 e. The molecule has 0 unspecified atom stereocenters. The molecule has 0 aliphatic heterocycles. The number of anilines is 2. The molecule has 3 aromatic carbocycles. The fourth-order valence-corrected chi connectivity index (χ4v) is 4.50. The maximum Gasteiger partial charge on any atom is 0.339 e. The van der Waals surface area contributed by atoms with Crippen molar-refractivity contribution in [1.82, 2.24) is 5.32 Å². The number of hydrogen-bond donors (Lipinski definition) is 3. The van der Waals surface area contributed by atoms with Crippen molar-refractivity contribution >= 4 is 29.4 Å². The van der Waals surface area contributed by atoms with Crippen molar-refractivity contribution in [3.8, 4) is 17.2 Å². The van der Waals surface area contributed by atoms with Crippen molar-refractivity contribution in [2.45, 2.75) is 38.1 Å². The van der Waals surface area contributed by atoms with Crippen LogP contribution in [-0.2, 0) is 0 Å². The van der Waals surface area contributed by atoms with Gasteiger partial charge in [-0.2, -0.15) is 0 Å². The first-order chi connectivity index (χ1) is 18.8. The number of urea groups is 2. The minimum absolute atomic E-state index is 0.00829. The number of carboxylic acid groups (broad SMARTS) is 1. The predicted molar refractivity (Wildman–Crippen MR) is 140 cm³/mol. The minimum Gasteiger partial charge on any atom is -0.496 e. The third kappa shape index (κ3) is 6.43. The molecule has 1 saturated carbocycles. The Morgan fingerprint density at radius 2 is 1.59 bits per heavy atom. The van der Waals surface area contributed by atoms with E-state index in [9.17, 15) is 28.3 Å². The molecule has 9 nitrogen and oxygen atoms in total. The third-order valence-electron chi connectivity index (χ3n) is 6.32. The lowest BCUT2D eigenvalue weighted by atomic mass is 9.93. The summed E-state index contributed by atoms with van der Waals surface area (Å²) in [6, 6.07) is 11.8. The topological polar surface area (TPSA) is 117 Å². The third-order valence-corrected chi connectivity index (χ3v) is 6.32. The Bertz CT molecular complexity index is 1340. The second-order valence-electron chi connectivity index (χ2n) is 8.88. The quantitative estimate of drug-likeness (QED) is 0.314. The Morgan fingerprint density at radius 1 is 0.923 bits per heavy atom. The van der Waals surface area contributed by atoms with Crippen LogP contribution in [0.15, 0.2) is 60.7 Å². The van der Waals surface area contributed by atoms with Gasteiger partial charge >= 0.3 is 18.0 Å². The van der Waals surface area contributed by atoms with E-state index in [0.29, 0.717) is 18.6 Å². The predicted octanol–water partition coefficient (Wildman–Crippen LogP) is 6.54. The second kappa shape index (κ2) is 12.2. The Labute approximate surface area is 223 Å². The van der Waals surface area contributed by atoms with Gasteiger partial charge in [-0.3, -0.25) is 10.2 Å². The highest BCUT2D eigenvalue weighted by molar-refractivity contribution is 6.08. The molecule has 0 aromatic heterocycles. The molecule has 0 bridgehead atoms. The van der Waals surface area contributed by atoms with Crippen LogP contribution < -0.4 is 25.0 Å². The minimum atomic E-state index is -1.30. The zero-order chi connectivity index (χ0) is 27.9. The Hall–Kier alpha value is -4.67. The second-order valence-corrected chi connectivity index (χ2v) is 8.88. The summed E-state index contributed by atoms with van der Waals surface area (Å²) >= 11 is 0. The maximum atomic E-state index is 14.1. The van der Waals surface area contributed by atoms with E-state index in [2.05, 4.69) is 5.32 Å². The zero-order valence-corrected chi connectivity index (χ0v) is 21.1. The maximum absolute atomic E-state index is 14.1. The first-order valence-electron chi connectivity index (χ1n) is 12.3. The van der Waals surface area contributed by atoms with Crippen LogP contribution >= 0.6 is 0 Å². The Kier molecular flexibility index (Phi) is 8.60. The average molecular weight is 540 g/mol. The van der Waals surface area contributed by atoms with Gasteiger partial charge in [-0.05, 0) is 43.2 Å². The van der Waals surface area contributed by atoms with Crippen LogP contribution in [0.3, 0.4) is 0 Å². The molecule has 1 aliphatic carbocycles. The van der Waals surface area contributed by atoms with Crippen molar-refractivity contribution in [3.05, 3.63) is 77.9 Å². The molecule has 0 spiro atoms. The molecular formula is C28H27F2N3O6. The molecule has 0 saturated heterocycles.